The summed E-state index contributed by atoms with van der Waals surface area (Å²) in [7, 11) is 0. The molecule has 220 valence electrons. The quantitative estimate of drug-likeness (QED) is 0.162. The highest BCUT2D eigenvalue weighted by atomic mass is 16.5. The number of primary amides is 1. The van der Waals surface area contributed by atoms with E-state index in [0.29, 0.717) is 24.3 Å². The molecule has 0 aromatic heterocycles. The largest absolute Gasteiger partial charge is 0.427 e. The molecule has 0 aliphatic carbocycles. The van der Waals surface area contributed by atoms with Crippen molar-refractivity contribution >= 4 is 35.3 Å². The first-order valence-corrected chi connectivity index (χ1v) is 13.8. The third-order valence-electron chi connectivity index (χ3n) is 6.28. The fraction of sp³-hybridized carbons (Fsp3) is 0.281. The summed E-state index contributed by atoms with van der Waals surface area (Å²) < 4.78 is 5.20. The molecule has 0 aliphatic heterocycles. The molecule has 0 saturated heterocycles. The molecule has 10 nitrogen and oxygen atoms in total. The Kier molecular flexibility index (Phi) is 12.3. The van der Waals surface area contributed by atoms with Gasteiger partial charge in [-0.05, 0) is 41.8 Å². The lowest BCUT2D eigenvalue weighted by Gasteiger charge is -2.22. The van der Waals surface area contributed by atoms with Crippen LogP contribution in [0.4, 0.5) is 5.69 Å². The number of hydrogen-bond acceptors (Lipinski definition) is 6. The van der Waals surface area contributed by atoms with E-state index >= 15 is 0 Å². The van der Waals surface area contributed by atoms with Crippen molar-refractivity contribution in [1.82, 2.24) is 10.6 Å². The number of carbonyl (C=O) groups is 5. The Balaban J connectivity index is 1.57. The predicted molar refractivity (Wildman–Crippen MR) is 158 cm³/mol. The summed E-state index contributed by atoms with van der Waals surface area (Å²) in [6.45, 7) is 1.88. The maximum absolute atomic E-state index is 13.3. The average Bonchev–Trinajstić information content (AvgIpc) is 2.97. The van der Waals surface area contributed by atoms with E-state index in [-0.39, 0.29) is 31.7 Å². The van der Waals surface area contributed by atoms with Crippen molar-refractivity contribution in [3.63, 3.8) is 0 Å². The number of anilines is 1. The Labute approximate surface area is 245 Å². The summed E-state index contributed by atoms with van der Waals surface area (Å²) >= 11 is 0. The molecule has 0 unspecified atom stereocenters. The van der Waals surface area contributed by atoms with Gasteiger partial charge in [0.2, 0.25) is 23.6 Å². The third kappa shape index (κ3) is 10.9. The second-order valence-electron chi connectivity index (χ2n) is 9.76. The van der Waals surface area contributed by atoms with Gasteiger partial charge in [0.1, 0.15) is 17.8 Å². The number of nitrogens with one attached hydrogen (secondary N) is 3. The lowest BCUT2D eigenvalue weighted by Crippen LogP contribution is -2.54. The average molecular weight is 573 g/mol. The van der Waals surface area contributed by atoms with Crippen molar-refractivity contribution in [3.05, 3.63) is 96.1 Å². The van der Waals surface area contributed by atoms with Gasteiger partial charge in [0, 0.05) is 37.8 Å². The molecule has 3 aromatic carbocycles. The molecule has 0 heterocycles. The second-order valence-corrected chi connectivity index (χ2v) is 9.76. The summed E-state index contributed by atoms with van der Waals surface area (Å²) in [4.78, 5) is 62.3. The number of benzene rings is 3. The molecule has 0 radical (unpaired) electrons. The van der Waals surface area contributed by atoms with Crippen LogP contribution >= 0.6 is 0 Å². The molecule has 0 saturated carbocycles. The highest BCUT2D eigenvalue weighted by molar-refractivity contribution is 5.95. The maximum Gasteiger partial charge on any atom is 0.311 e. The zero-order chi connectivity index (χ0) is 30.3. The molecule has 10 heteroatoms. The maximum atomic E-state index is 13.3. The third-order valence-corrected chi connectivity index (χ3v) is 6.28. The van der Waals surface area contributed by atoms with Crippen LogP contribution in [0.2, 0.25) is 0 Å². The standard InChI is InChI=1S/C32H36N4O6/c1-2-9-30(39)42-25-16-14-24(15-17-25)34-28(37)18-19-29(38)35-27(21-23-12-7-4-8-13-23)32(41)36-26(31(33)40)20-22-10-5-3-6-11-22/h3-8,10-17,26-27H,2,9,18-21H2,1H3,(H2,33,40)(H,34,37)(H,35,38)(H,36,41)/t26-,27-/m0/s1. The first kappa shape index (κ1) is 31.5. The molecule has 0 spiro atoms. The molecule has 5 N–H and O–H groups in total. The normalized spacial score (nSPS) is 11.9. The van der Waals surface area contributed by atoms with Crippen molar-refractivity contribution in [3.8, 4) is 5.75 Å². The van der Waals surface area contributed by atoms with Gasteiger partial charge in [-0.1, -0.05) is 67.6 Å². The minimum absolute atomic E-state index is 0.128. The van der Waals surface area contributed by atoms with Crippen molar-refractivity contribution in [2.24, 2.45) is 5.73 Å². The number of esters is 1. The second kappa shape index (κ2) is 16.3. The van der Waals surface area contributed by atoms with E-state index in [9.17, 15) is 24.0 Å². The van der Waals surface area contributed by atoms with Crippen LogP contribution in [-0.4, -0.2) is 41.7 Å². The predicted octanol–water partition coefficient (Wildman–Crippen LogP) is 3.05. The molecule has 42 heavy (non-hydrogen) atoms. The van der Waals surface area contributed by atoms with Gasteiger partial charge in [0.15, 0.2) is 0 Å². The summed E-state index contributed by atoms with van der Waals surface area (Å²) in [5, 5.41) is 8.06. The Bertz CT molecular complexity index is 1350. The van der Waals surface area contributed by atoms with Crippen LogP contribution in [0.15, 0.2) is 84.9 Å². The van der Waals surface area contributed by atoms with Gasteiger partial charge in [-0.3, -0.25) is 24.0 Å². The lowest BCUT2D eigenvalue weighted by molar-refractivity contribution is -0.134. The van der Waals surface area contributed by atoms with Gasteiger partial charge < -0.3 is 26.4 Å². The summed E-state index contributed by atoms with van der Waals surface area (Å²) in [6.07, 6.45) is 1.08. The van der Waals surface area contributed by atoms with Crippen LogP contribution in [0.3, 0.4) is 0 Å². The minimum Gasteiger partial charge on any atom is -0.427 e. The highest BCUT2D eigenvalue weighted by Gasteiger charge is 2.26. The molecule has 0 bridgehead atoms. The Hall–Kier alpha value is -4.99. The summed E-state index contributed by atoms with van der Waals surface area (Å²) in [5.74, 6) is -2.12. The van der Waals surface area contributed by atoms with Crippen LogP contribution in [0.1, 0.15) is 43.7 Å². The molecule has 3 rings (SSSR count). The molecular formula is C32H36N4O6. The summed E-state index contributed by atoms with van der Waals surface area (Å²) in [6, 6.07) is 22.6. The number of amides is 4. The Morgan fingerprint density at radius 1 is 0.690 bits per heavy atom. The van der Waals surface area contributed by atoms with Crippen molar-refractivity contribution in [2.45, 2.75) is 57.5 Å². The lowest BCUT2D eigenvalue weighted by atomic mass is 10.0. The fourth-order valence-corrected chi connectivity index (χ4v) is 4.11. The molecule has 3 aromatic rings. The van der Waals surface area contributed by atoms with Gasteiger partial charge in [-0.2, -0.15) is 0 Å². The SMILES string of the molecule is CCCC(=O)Oc1ccc(NC(=O)CCC(=O)N[C@@H](Cc2ccccc2)C(=O)N[C@@H](Cc2ccccc2)C(N)=O)cc1. The van der Waals surface area contributed by atoms with E-state index in [1.54, 1.807) is 24.3 Å². The zero-order valence-electron chi connectivity index (χ0n) is 23.5. The highest BCUT2D eigenvalue weighted by Crippen LogP contribution is 2.17. The van der Waals surface area contributed by atoms with E-state index in [2.05, 4.69) is 16.0 Å². The molecule has 0 aliphatic rings. The van der Waals surface area contributed by atoms with Crippen LogP contribution in [0.25, 0.3) is 0 Å². The van der Waals surface area contributed by atoms with Crippen LogP contribution in [0, 0.1) is 0 Å². The van der Waals surface area contributed by atoms with Gasteiger partial charge in [0.05, 0.1) is 0 Å². The first-order valence-electron chi connectivity index (χ1n) is 13.8. The Morgan fingerprint density at radius 3 is 1.79 bits per heavy atom. The molecule has 4 amide bonds. The van der Waals surface area contributed by atoms with E-state index < -0.39 is 35.7 Å². The van der Waals surface area contributed by atoms with E-state index in [1.165, 1.54) is 0 Å². The number of carbonyl (C=O) groups excluding carboxylic acids is 5. The van der Waals surface area contributed by atoms with Gasteiger partial charge >= 0.3 is 5.97 Å². The van der Waals surface area contributed by atoms with Gasteiger partial charge in [-0.15, -0.1) is 0 Å². The molecule has 2 atom stereocenters. The number of ether oxygens (including phenoxy) is 1. The van der Waals surface area contributed by atoms with Crippen molar-refractivity contribution in [2.75, 3.05) is 5.32 Å². The number of rotatable bonds is 15. The van der Waals surface area contributed by atoms with Crippen LogP contribution in [0.5, 0.6) is 5.75 Å². The number of hydrogen-bond donors (Lipinski definition) is 4. The van der Waals surface area contributed by atoms with Crippen LogP contribution in [-0.2, 0) is 36.8 Å². The Morgan fingerprint density at radius 2 is 1.24 bits per heavy atom. The fourth-order valence-electron chi connectivity index (χ4n) is 4.11. The van der Waals surface area contributed by atoms with Crippen molar-refractivity contribution < 1.29 is 28.7 Å². The zero-order valence-corrected chi connectivity index (χ0v) is 23.5. The van der Waals surface area contributed by atoms with Crippen LogP contribution < -0.4 is 26.4 Å². The van der Waals surface area contributed by atoms with Crippen molar-refractivity contribution in [1.29, 1.82) is 0 Å². The van der Waals surface area contributed by atoms with E-state index in [1.807, 2.05) is 67.6 Å². The minimum atomic E-state index is -0.997. The van der Waals surface area contributed by atoms with E-state index in [4.69, 9.17) is 10.5 Å². The summed E-state index contributed by atoms with van der Waals surface area (Å²) in [5.41, 5.74) is 7.67. The topological polar surface area (TPSA) is 157 Å². The molecular weight excluding hydrogens is 536 g/mol. The molecule has 0 fully saturated rings. The number of nitrogens with two attached hydrogens (primary N) is 1. The van der Waals surface area contributed by atoms with Gasteiger partial charge in [-0.25, -0.2) is 0 Å². The smallest absolute Gasteiger partial charge is 0.311 e. The van der Waals surface area contributed by atoms with E-state index in [0.717, 1.165) is 11.1 Å². The van der Waals surface area contributed by atoms with Gasteiger partial charge in [0.25, 0.3) is 0 Å². The first-order chi connectivity index (χ1) is 20.2. The monoisotopic (exact) mass is 572 g/mol.